The predicted molar refractivity (Wildman–Crippen MR) is 98.4 cm³/mol. The van der Waals surface area contributed by atoms with Gasteiger partial charge in [0.15, 0.2) is 0 Å². The molecule has 2 saturated heterocycles. The Bertz CT molecular complexity index is 718. The van der Waals surface area contributed by atoms with Crippen LogP contribution in [-0.2, 0) is 6.54 Å². The minimum absolute atomic E-state index is 0.0855. The van der Waals surface area contributed by atoms with Crippen molar-refractivity contribution in [2.24, 2.45) is 5.41 Å². The molecule has 2 aliphatic rings. The summed E-state index contributed by atoms with van der Waals surface area (Å²) < 4.78 is 0. The Morgan fingerprint density at radius 3 is 2.38 bits per heavy atom. The largest absolute Gasteiger partial charge is 0.339 e. The SMILES string of the molecule is O=C(c1ccnnc1)N1CCC2(CCN(Cc3ccccn3)CC2)CC1. The van der Waals surface area contributed by atoms with Gasteiger partial charge < -0.3 is 4.90 Å². The zero-order valence-corrected chi connectivity index (χ0v) is 15.0. The van der Waals surface area contributed by atoms with Gasteiger partial charge in [-0.25, -0.2) is 0 Å². The summed E-state index contributed by atoms with van der Waals surface area (Å²) in [6.07, 6.45) is 9.66. The zero-order chi connectivity index (χ0) is 17.8. The maximum absolute atomic E-state index is 12.6. The van der Waals surface area contributed by atoms with Gasteiger partial charge in [0.05, 0.1) is 23.7 Å². The van der Waals surface area contributed by atoms with Crippen LogP contribution in [0.3, 0.4) is 0 Å². The second-order valence-corrected chi connectivity index (χ2v) is 7.52. The molecule has 6 nitrogen and oxygen atoms in total. The standard InChI is InChI=1S/C20H25N5O/c26-19(17-4-10-22-23-15-17)25-13-7-20(8-14-25)5-11-24(12-6-20)16-18-3-1-2-9-21-18/h1-4,9-10,15H,5-8,11-14,16H2. The molecule has 26 heavy (non-hydrogen) atoms. The molecule has 0 aliphatic carbocycles. The average Bonchev–Trinajstić information content (AvgIpc) is 2.71. The number of amides is 1. The van der Waals surface area contributed by atoms with Gasteiger partial charge in [0.2, 0.25) is 0 Å². The molecule has 2 aliphatic heterocycles. The third-order valence-electron chi connectivity index (χ3n) is 5.97. The van der Waals surface area contributed by atoms with Crippen LogP contribution in [0.1, 0.15) is 41.7 Å². The molecule has 0 atom stereocenters. The third kappa shape index (κ3) is 3.75. The van der Waals surface area contributed by atoms with Crippen LogP contribution in [0, 0.1) is 5.41 Å². The van der Waals surface area contributed by atoms with E-state index in [1.807, 2.05) is 17.2 Å². The van der Waals surface area contributed by atoms with E-state index in [9.17, 15) is 4.79 Å². The van der Waals surface area contributed by atoms with Crippen molar-refractivity contribution in [3.05, 3.63) is 54.1 Å². The molecule has 4 heterocycles. The summed E-state index contributed by atoms with van der Waals surface area (Å²) in [7, 11) is 0. The lowest BCUT2D eigenvalue weighted by Crippen LogP contribution is -2.48. The van der Waals surface area contributed by atoms with Gasteiger partial charge in [-0.2, -0.15) is 10.2 Å². The quantitative estimate of drug-likeness (QED) is 0.850. The molecule has 2 fully saturated rings. The molecule has 6 heteroatoms. The number of carbonyl (C=O) groups is 1. The molecule has 136 valence electrons. The number of hydrogen-bond acceptors (Lipinski definition) is 5. The Labute approximate surface area is 154 Å². The van der Waals surface area contributed by atoms with Gasteiger partial charge in [-0.1, -0.05) is 6.07 Å². The summed E-state index contributed by atoms with van der Waals surface area (Å²) in [5.74, 6) is 0.0855. The monoisotopic (exact) mass is 351 g/mol. The molecule has 0 aromatic carbocycles. The van der Waals surface area contributed by atoms with Gasteiger partial charge in [0.1, 0.15) is 0 Å². The number of piperidine rings is 2. The summed E-state index contributed by atoms with van der Waals surface area (Å²) >= 11 is 0. The Hall–Kier alpha value is -2.34. The van der Waals surface area contributed by atoms with E-state index < -0.39 is 0 Å². The van der Waals surface area contributed by atoms with Gasteiger partial charge >= 0.3 is 0 Å². The molecule has 1 spiro atoms. The van der Waals surface area contributed by atoms with E-state index in [4.69, 9.17) is 0 Å². The van der Waals surface area contributed by atoms with E-state index in [1.165, 1.54) is 12.8 Å². The maximum atomic E-state index is 12.6. The lowest BCUT2D eigenvalue weighted by Gasteiger charge is -2.46. The topological polar surface area (TPSA) is 62.2 Å². The first kappa shape index (κ1) is 17.1. The van der Waals surface area contributed by atoms with Crippen molar-refractivity contribution >= 4 is 5.91 Å². The number of carbonyl (C=O) groups excluding carboxylic acids is 1. The Balaban J connectivity index is 1.29. The number of likely N-dealkylation sites (tertiary alicyclic amines) is 2. The second-order valence-electron chi connectivity index (χ2n) is 7.52. The summed E-state index contributed by atoms with van der Waals surface area (Å²) in [6, 6.07) is 7.86. The van der Waals surface area contributed by atoms with Gasteiger partial charge in [0.25, 0.3) is 5.91 Å². The van der Waals surface area contributed by atoms with Crippen LogP contribution in [0.4, 0.5) is 0 Å². The van der Waals surface area contributed by atoms with E-state index >= 15 is 0 Å². The molecular formula is C20H25N5O. The summed E-state index contributed by atoms with van der Waals surface area (Å²) in [5.41, 5.74) is 2.20. The minimum atomic E-state index is 0.0855. The lowest BCUT2D eigenvalue weighted by molar-refractivity contribution is 0.0282. The smallest absolute Gasteiger partial charge is 0.255 e. The Morgan fingerprint density at radius 2 is 1.73 bits per heavy atom. The third-order valence-corrected chi connectivity index (χ3v) is 5.97. The number of nitrogens with zero attached hydrogens (tertiary/aromatic N) is 5. The van der Waals surface area contributed by atoms with E-state index in [0.29, 0.717) is 11.0 Å². The van der Waals surface area contributed by atoms with Crippen molar-refractivity contribution in [1.29, 1.82) is 0 Å². The predicted octanol–water partition coefficient (Wildman–Crippen LogP) is 2.39. The van der Waals surface area contributed by atoms with Crippen LogP contribution in [0.25, 0.3) is 0 Å². The molecule has 0 unspecified atom stereocenters. The first-order chi connectivity index (χ1) is 12.7. The van der Waals surface area contributed by atoms with Crippen LogP contribution in [-0.4, -0.2) is 57.1 Å². The lowest BCUT2D eigenvalue weighted by atomic mass is 9.71. The molecule has 0 N–H and O–H groups in total. The highest BCUT2D eigenvalue weighted by Gasteiger charge is 2.38. The zero-order valence-electron chi connectivity index (χ0n) is 15.0. The van der Waals surface area contributed by atoms with Crippen LogP contribution in [0.5, 0.6) is 0 Å². The molecular weight excluding hydrogens is 326 g/mol. The number of pyridine rings is 1. The van der Waals surface area contributed by atoms with Crippen LogP contribution in [0.2, 0.25) is 0 Å². The second kappa shape index (κ2) is 7.50. The molecule has 4 rings (SSSR count). The first-order valence-corrected chi connectivity index (χ1v) is 9.42. The van der Waals surface area contributed by atoms with Crippen LogP contribution in [0.15, 0.2) is 42.9 Å². The average molecular weight is 351 g/mol. The summed E-state index contributed by atoms with van der Waals surface area (Å²) in [6.45, 7) is 4.89. The van der Waals surface area contributed by atoms with Crippen molar-refractivity contribution < 1.29 is 4.79 Å². The van der Waals surface area contributed by atoms with Crippen molar-refractivity contribution in [3.63, 3.8) is 0 Å². The molecule has 1 amide bonds. The molecule has 0 bridgehead atoms. The van der Waals surface area contributed by atoms with E-state index in [2.05, 4.69) is 32.2 Å². The van der Waals surface area contributed by atoms with Gasteiger partial charge in [0, 0.05) is 25.8 Å². The van der Waals surface area contributed by atoms with E-state index in [0.717, 1.165) is 51.3 Å². The highest BCUT2D eigenvalue weighted by molar-refractivity contribution is 5.93. The summed E-state index contributed by atoms with van der Waals surface area (Å²) in [5, 5.41) is 7.57. The number of aromatic nitrogens is 3. The van der Waals surface area contributed by atoms with E-state index in [-0.39, 0.29) is 5.91 Å². The molecule has 0 saturated carbocycles. The van der Waals surface area contributed by atoms with Gasteiger partial charge in [-0.15, -0.1) is 0 Å². The van der Waals surface area contributed by atoms with Gasteiger partial charge in [-0.05, 0) is 62.4 Å². The number of hydrogen-bond donors (Lipinski definition) is 0. The Kier molecular flexibility index (Phi) is 4.93. The maximum Gasteiger partial charge on any atom is 0.255 e. The van der Waals surface area contributed by atoms with Crippen LogP contribution < -0.4 is 0 Å². The molecule has 2 aromatic heterocycles. The molecule has 0 radical (unpaired) electrons. The van der Waals surface area contributed by atoms with Crippen molar-refractivity contribution in [3.8, 4) is 0 Å². The number of rotatable bonds is 3. The normalized spacial score (nSPS) is 20.2. The fourth-order valence-corrected chi connectivity index (χ4v) is 4.19. The minimum Gasteiger partial charge on any atom is -0.339 e. The summed E-state index contributed by atoms with van der Waals surface area (Å²) in [4.78, 5) is 21.5. The Morgan fingerprint density at radius 1 is 0.962 bits per heavy atom. The highest BCUT2D eigenvalue weighted by atomic mass is 16.2. The van der Waals surface area contributed by atoms with Crippen LogP contribution >= 0.6 is 0 Å². The first-order valence-electron chi connectivity index (χ1n) is 9.42. The molecule has 2 aromatic rings. The fourth-order valence-electron chi connectivity index (χ4n) is 4.19. The van der Waals surface area contributed by atoms with E-state index in [1.54, 1.807) is 18.5 Å². The highest BCUT2D eigenvalue weighted by Crippen LogP contribution is 2.41. The van der Waals surface area contributed by atoms with Crippen molar-refractivity contribution in [2.75, 3.05) is 26.2 Å². The fraction of sp³-hybridized carbons (Fsp3) is 0.500. The van der Waals surface area contributed by atoms with Crippen molar-refractivity contribution in [2.45, 2.75) is 32.2 Å². The van der Waals surface area contributed by atoms with Crippen molar-refractivity contribution in [1.82, 2.24) is 25.0 Å². The van der Waals surface area contributed by atoms with Gasteiger partial charge in [-0.3, -0.25) is 14.7 Å².